The molecule has 1 aliphatic rings. The van der Waals surface area contributed by atoms with E-state index in [2.05, 4.69) is 5.32 Å². The number of aliphatic hydroxyl groups excluding tert-OH is 1. The summed E-state index contributed by atoms with van der Waals surface area (Å²) in [5.74, 6) is -0.0198. The van der Waals surface area contributed by atoms with Crippen molar-refractivity contribution in [3.63, 3.8) is 0 Å². The first kappa shape index (κ1) is 13.9. The van der Waals surface area contributed by atoms with Crippen molar-refractivity contribution in [3.8, 4) is 0 Å². The Labute approximate surface area is 114 Å². The number of hydrogen-bond acceptors (Lipinski definition) is 3. The van der Waals surface area contributed by atoms with Crippen LogP contribution < -0.4 is 5.32 Å². The number of hydrogen-bond donors (Lipinski definition) is 2. The summed E-state index contributed by atoms with van der Waals surface area (Å²) in [6.45, 7) is 0. The molecule has 1 aromatic rings. The highest BCUT2D eigenvalue weighted by Gasteiger charge is 2.29. The zero-order valence-electron chi connectivity index (χ0n) is 11.6. The van der Waals surface area contributed by atoms with Crippen LogP contribution in [0.3, 0.4) is 0 Å². The second-order valence-electron chi connectivity index (χ2n) is 5.16. The van der Waals surface area contributed by atoms with Gasteiger partial charge in [-0.05, 0) is 37.1 Å². The van der Waals surface area contributed by atoms with Crippen molar-refractivity contribution in [2.24, 2.45) is 0 Å². The Bertz CT molecular complexity index is 430. The third-order valence-corrected chi connectivity index (χ3v) is 3.93. The van der Waals surface area contributed by atoms with Gasteiger partial charge in [-0.1, -0.05) is 12.8 Å². The lowest BCUT2D eigenvalue weighted by Gasteiger charge is -2.35. The summed E-state index contributed by atoms with van der Waals surface area (Å²) in [6.07, 6.45) is 3.42. The number of benzene rings is 1. The van der Waals surface area contributed by atoms with E-state index in [9.17, 15) is 9.90 Å². The molecule has 0 radical (unpaired) electrons. The summed E-state index contributed by atoms with van der Waals surface area (Å²) in [7, 11) is 3.63. The highest BCUT2D eigenvalue weighted by Crippen LogP contribution is 2.23. The lowest BCUT2D eigenvalue weighted by molar-refractivity contribution is 0.0268. The van der Waals surface area contributed by atoms with Crippen LogP contribution in [0.25, 0.3) is 0 Å². The number of anilines is 1. The van der Waals surface area contributed by atoms with E-state index in [1.165, 1.54) is 0 Å². The molecule has 2 N–H and O–H groups in total. The van der Waals surface area contributed by atoms with Gasteiger partial charge < -0.3 is 15.3 Å². The molecule has 1 aliphatic carbocycles. The predicted octanol–water partition coefficient (Wildman–Crippen LogP) is 2.10. The fourth-order valence-corrected chi connectivity index (χ4v) is 2.68. The van der Waals surface area contributed by atoms with Crippen molar-refractivity contribution in [1.29, 1.82) is 0 Å². The average Bonchev–Trinajstić information content (AvgIpc) is 2.46. The van der Waals surface area contributed by atoms with E-state index in [0.717, 1.165) is 31.4 Å². The van der Waals surface area contributed by atoms with Crippen molar-refractivity contribution in [2.45, 2.75) is 37.8 Å². The molecular formula is C15H22N2O2. The third-order valence-electron chi connectivity index (χ3n) is 3.93. The molecule has 0 bridgehead atoms. The van der Waals surface area contributed by atoms with Gasteiger partial charge in [0.2, 0.25) is 0 Å². The van der Waals surface area contributed by atoms with Gasteiger partial charge in [0, 0.05) is 25.3 Å². The van der Waals surface area contributed by atoms with Gasteiger partial charge in [0.15, 0.2) is 0 Å². The Morgan fingerprint density at radius 3 is 2.47 bits per heavy atom. The number of carbonyl (C=O) groups is 1. The summed E-state index contributed by atoms with van der Waals surface area (Å²) >= 11 is 0. The molecule has 0 spiro atoms. The number of amides is 1. The zero-order valence-corrected chi connectivity index (χ0v) is 11.6. The van der Waals surface area contributed by atoms with Gasteiger partial charge in [-0.3, -0.25) is 4.79 Å². The highest BCUT2D eigenvalue weighted by molar-refractivity contribution is 5.94. The van der Waals surface area contributed by atoms with Crippen molar-refractivity contribution < 1.29 is 9.90 Å². The highest BCUT2D eigenvalue weighted by atomic mass is 16.3. The van der Waals surface area contributed by atoms with Crippen molar-refractivity contribution in [2.75, 3.05) is 19.4 Å². The first-order valence-corrected chi connectivity index (χ1v) is 6.86. The summed E-state index contributed by atoms with van der Waals surface area (Å²) in [5, 5.41) is 13.0. The van der Waals surface area contributed by atoms with Gasteiger partial charge in [-0.25, -0.2) is 0 Å². The van der Waals surface area contributed by atoms with Crippen LogP contribution in [0.15, 0.2) is 24.3 Å². The van der Waals surface area contributed by atoms with Crippen LogP contribution in [0.1, 0.15) is 36.0 Å². The maximum atomic E-state index is 12.4. The lowest BCUT2D eigenvalue weighted by Crippen LogP contribution is -2.46. The summed E-state index contributed by atoms with van der Waals surface area (Å²) in [4.78, 5) is 14.1. The molecule has 0 aromatic heterocycles. The number of likely N-dealkylation sites (N-methyl/N-ethyl adjacent to an activating group) is 1. The molecule has 1 fully saturated rings. The van der Waals surface area contributed by atoms with Crippen LogP contribution in [-0.2, 0) is 0 Å². The van der Waals surface area contributed by atoms with Crippen LogP contribution >= 0.6 is 0 Å². The van der Waals surface area contributed by atoms with Gasteiger partial charge in [0.1, 0.15) is 0 Å². The third kappa shape index (κ3) is 3.07. The minimum Gasteiger partial charge on any atom is -0.391 e. The largest absolute Gasteiger partial charge is 0.391 e. The first-order valence-electron chi connectivity index (χ1n) is 6.86. The minimum atomic E-state index is -0.390. The normalized spacial score (nSPS) is 22.9. The number of nitrogens with one attached hydrogen (secondary N) is 1. The number of carbonyl (C=O) groups excluding carboxylic acids is 1. The average molecular weight is 262 g/mol. The van der Waals surface area contributed by atoms with Crippen LogP contribution in [-0.4, -0.2) is 42.2 Å². The number of nitrogens with zero attached hydrogens (tertiary/aromatic N) is 1. The fraction of sp³-hybridized carbons (Fsp3) is 0.533. The van der Waals surface area contributed by atoms with Crippen molar-refractivity contribution >= 4 is 11.6 Å². The Morgan fingerprint density at radius 1 is 1.26 bits per heavy atom. The summed E-state index contributed by atoms with van der Waals surface area (Å²) in [6, 6.07) is 7.36. The zero-order chi connectivity index (χ0) is 13.8. The van der Waals surface area contributed by atoms with E-state index in [1.54, 1.807) is 11.9 Å². The van der Waals surface area contributed by atoms with E-state index in [4.69, 9.17) is 0 Å². The standard InChI is InChI=1S/C15H22N2O2/c1-16-12-9-7-11(8-10-12)15(19)17(2)13-5-3-4-6-14(13)18/h7-10,13-14,16,18H,3-6H2,1-2H3. The summed E-state index contributed by atoms with van der Waals surface area (Å²) in [5.41, 5.74) is 1.65. The number of rotatable bonds is 3. The van der Waals surface area contributed by atoms with E-state index >= 15 is 0 Å². The van der Waals surface area contributed by atoms with E-state index in [0.29, 0.717) is 5.56 Å². The van der Waals surface area contributed by atoms with Gasteiger partial charge in [-0.15, -0.1) is 0 Å². The molecule has 2 rings (SSSR count). The Morgan fingerprint density at radius 2 is 1.89 bits per heavy atom. The van der Waals surface area contributed by atoms with Gasteiger partial charge in [0.05, 0.1) is 12.1 Å². The van der Waals surface area contributed by atoms with E-state index in [1.807, 2.05) is 31.3 Å². The molecule has 104 valence electrons. The minimum absolute atomic E-state index is 0.0198. The summed E-state index contributed by atoms with van der Waals surface area (Å²) < 4.78 is 0. The Hall–Kier alpha value is -1.55. The van der Waals surface area contributed by atoms with Gasteiger partial charge in [-0.2, -0.15) is 0 Å². The molecule has 4 heteroatoms. The molecule has 19 heavy (non-hydrogen) atoms. The molecule has 2 atom stereocenters. The van der Waals surface area contributed by atoms with Crippen LogP contribution in [0, 0.1) is 0 Å². The van der Waals surface area contributed by atoms with E-state index in [-0.39, 0.29) is 18.1 Å². The Kier molecular flexibility index (Phi) is 4.43. The fourth-order valence-electron chi connectivity index (χ4n) is 2.68. The van der Waals surface area contributed by atoms with Crippen LogP contribution in [0.2, 0.25) is 0 Å². The molecule has 0 saturated heterocycles. The maximum absolute atomic E-state index is 12.4. The van der Waals surface area contributed by atoms with Crippen LogP contribution in [0.4, 0.5) is 5.69 Å². The molecule has 0 heterocycles. The molecule has 1 saturated carbocycles. The topological polar surface area (TPSA) is 52.6 Å². The smallest absolute Gasteiger partial charge is 0.253 e. The molecule has 4 nitrogen and oxygen atoms in total. The van der Waals surface area contributed by atoms with E-state index < -0.39 is 0 Å². The second-order valence-corrected chi connectivity index (χ2v) is 5.16. The Balaban J connectivity index is 2.08. The molecule has 2 unspecified atom stereocenters. The molecule has 0 aliphatic heterocycles. The maximum Gasteiger partial charge on any atom is 0.253 e. The molecular weight excluding hydrogens is 240 g/mol. The van der Waals surface area contributed by atoms with Crippen molar-refractivity contribution in [1.82, 2.24) is 4.90 Å². The predicted molar refractivity (Wildman–Crippen MR) is 76.3 cm³/mol. The SMILES string of the molecule is CNc1ccc(C(=O)N(C)C2CCCCC2O)cc1. The first-order chi connectivity index (χ1) is 9.13. The van der Waals surface area contributed by atoms with Crippen LogP contribution in [0.5, 0.6) is 0 Å². The van der Waals surface area contributed by atoms with Gasteiger partial charge >= 0.3 is 0 Å². The lowest BCUT2D eigenvalue weighted by atomic mass is 9.91. The van der Waals surface area contributed by atoms with Crippen molar-refractivity contribution in [3.05, 3.63) is 29.8 Å². The number of aliphatic hydroxyl groups is 1. The van der Waals surface area contributed by atoms with Gasteiger partial charge in [0.25, 0.3) is 5.91 Å². The molecule has 1 aromatic carbocycles. The second kappa shape index (κ2) is 6.06. The molecule has 1 amide bonds. The quantitative estimate of drug-likeness (QED) is 0.877. The monoisotopic (exact) mass is 262 g/mol.